The highest BCUT2D eigenvalue weighted by atomic mass is 32.2. The first-order chi connectivity index (χ1) is 8.22. The van der Waals surface area contributed by atoms with E-state index >= 15 is 0 Å². The summed E-state index contributed by atoms with van der Waals surface area (Å²) in [6, 6.07) is 8.88. The minimum absolute atomic E-state index is 0.555. The Bertz CT molecular complexity index is 338. The lowest BCUT2D eigenvalue weighted by Gasteiger charge is -2.23. The van der Waals surface area contributed by atoms with Crippen molar-refractivity contribution < 1.29 is 0 Å². The Morgan fingerprint density at radius 3 is 2.41 bits per heavy atom. The minimum Gasteiger partial charge on any atom is -0.312 e. The fourth-order valence-corrected chi connectivity index (χ4v) is 3.07. The van der Waals surface area contributed by atoms with E-state index in [0.717, 1.165) is 13.1 Å². The summed E-state index contributed by atoms with van der Waals surface area (Å²) in [6.45, 7) is 4.59. The summed E-state index contributed by atoms with van der Waals surface area (Å²) in [5.74, 6) is 0. The Morgan fingerprint density at radius 1 is 1.18 bits per heavy atom. The predicted octanol–water partition coefficient (Wildman–Crippen LogP) is 4.08. The van der Waals surface area contributed by atoms with E-state index in [0.29, 0.717) is 5.41 Å². The molecule has 0 radical (unpaired) electrons. The molecule has 0 saturated heterocycles. The van der Waals surface area contributed by atoms with Crippen molar-refractivity contribution in [2.24, 2.45) is 5.41 Å². The Hall–Kier alpha value is -0.470. The van der Waals surface area contributed by atoms with Gasteiger partial charge in [-0.25, -0.2) is 0 Å². The van der Waals surface area contributed by atoms with Gasteiger partial charge < -0.3 is 5.32 Å². The molecule has 17 heavy (non-hydrogen) atoms. The first-order valence-corrected chi connectivity index (χ1v) is 7.78. The van der Waals surface area contributed by atoms with Gasteiger partial charge in [-0.1, -0.05) is 31.9 Å². The van der Waals surface area contributed by atoms with Gasteiger partial charge in [-0.2, -0.15) is 0 Å². The molecule has 0 heterocycles. The van der Waals surface area contributed by atoms with Crippen molar-refractivity contribution in [3.63, 3.8) is 0 Å². The van der Waals surface area contributed by atoms with Crippen molar-refractivity contribution in [1.82, 2.24) is 5.32 Å². The van der Waals surface area contributed by atoms with Gasteiger partial charge in [-0.15, -0.1) is 11.8 Å². The molecule has 1 saturated carbocycles. The van der Waals surface area contributed by atoms with Crippen LogP contribution in [-0.2, 0) is 6.54 Å². The molecule has 1 aliphatic carbocycles. The third-order valence-corrected chi connectivity index (χ3v) is 4.59. The van der Waals surface area contributed by atoms with Crippen molar-refractivity contribution in [1.29, 1.82) is 0 Å². The summed E-state index contributed by atoms with van der Waals surface area (Å²) < 4.78 is 0. The second-order valence-electron chi connectivity index (χ2n) is 5.47. The summed E-state index contributed by atoms with van der Waals surface area (Å²) in [5.41, 5.74) is 1.95. The highest BCUT2D eigenvalue weighted by Crippen LogP contribution is 2.36. The minimum atomic E-state index is 0.555. The van der Waals surface area contributed by atoms with E-state index in [1.807, 2.05) is 0 Å². The molecule has 2 rings (SSSR count). The summed E-state index contributed by atoms with van der Waals surface area (Å²) in [5, 5.41) is 3.61. The quantitative estimate of drug-likeness (QED) is 0.789. The molecule has 0 bridgehead atoms. The number of thioether (sulfide) groups is 1. The van der Waals surface area contributed by atoms with Crippen LogP contribution in [0.3, 0.4) is 0 Å². The normalized spacial score (nSPS) is 18.5. The van der Waals surface area contributed by atoms with Gasteiger partial charge in [-0.05, 0) is 42.2 Å². The first kappa shape index (κ1) is 13.0. The zero-order valence-electron chi connectivity index (χ0n) is 11.0. The fraction of sp³-hybridized carbons (Fsp3) is 0.600. The molecule has 1 nitrogen and oxygen atoms in total. The largest absolute Gasteiger partial charge is 0.312 e. The Labute approximate surface area is 109 Å². The molecular weight excluding hydrogens is 226 g/mol. The number of hydrogen-bond acceptors (Lipinski definition) is 2. The average Bonchev–Trinajstić information content (AvgIpc) is 2.77. The standard InChI is InChI=1S/C15H23NS/c1-15(9-3-4-10-15)12-16-11-13-5-7-14(17-2)8-6-13/h5-8,16H,3-4,9-12H2,1-2H3. The molecule has 2 heteroatoms. The van der Waals surface area contributed by atoms with Crippen LogP contribution in [0.15, 0.2) is 29.2 Å². The number of rotatable bonds is 5. The number of benzene rings is 1. The van der Waals surface area contributed by atoms with Crippen LogP contribution in [-0.4, -0.2) is 12.8 Å². The van der Waals surface area contributed by atoms with Crippen LogP contribution < -0.4 is 5.32 Å². The molecule has 1 fully saturated rings. The summed E-state index contributed by atoms with van der Waals surface area (Å²) in [4.78, 5) is 1.34. The molecule has 1 aromatic rings. The average molecular weight is 249 g/mol. The number of nitrogens with one attached hydrogen (secondary N) is 1. The van der Waals surface area contributed by atoms with E-state index in [9.17, 15) is 0 Å². The first-order valence-electron chi connectivity index (χ1n) is 6.56. The molecule has 1 aromatic carbocycles. The van der Waals surface area contributed by atoms with Gasteiger partial charge in [0.15, 0.2) is 0 Å². The molecule has 0 aromatic heterocycles. The lowest BCUT2D eigenvalue weighted by Crippen LogP contribution is -2.29. The van der Waals surface area contributed by atoms with Gasteiger partial charge >= 0.3 is 0 Å². The lowest BCUT2D eigenvalue weighted by atomic mass is 9.89. The SMILES string of the molecule is CSc1ccc(CNCC2(C)CCCC2)cc1. The van der Waals surface area contributed by atoms with Gasteiger partial charge in [-0.3, -0.25) is 0 Å². The summed E-state index contributed by atoms with van der Waals surface area (Å²) in [7, 11) is 0. The van der Waals surface area contributed by atoms with E-state index in [2.05, 4.69) is 42.8 Å². The summed E-state index contributed by atoms with van der Waals surface area (Å²) >= 11 is 1.80. The Kier molecular flexibility index (Phi) is 4.52. The Balaban J connectivity index is 1.77. The topological polar surface area (TPSA) is 12.0 Å². The van der Waals surface area contributed by atoms with Crippen molar-refractivity contribution in [3.8, 4) is 0 Å². The molecule has 0 amide bonds. The third kappa shape index (κ3) is 3.75. The van der Waals surface area contributed by atoms with Crippen LogP contribution >= 0.6 is 11.8 Å². The highest BCUT2D eigenvalue weighted by Gasteiger charge is 2.27. The van der Waals surface area contributed by atoms with Gasteiger partial charge in [0, 0.05) is 18.0 Å². The van der Waals surface area contributed by atoms with Crippen molar-refractivity contribution in [2.45, 2.75) is 44.0 Å². The zero-order chi connectivity index (χ0) is 12.1. The van der Waals surface area contributed by atoms with Crippen LogP contribution in [0, 0.1) is 5.41 Å². The van der Waals surface area contributed by atoms with Crippen molar-refractivity contribution in [3.05, 3.63) is 29.8 Å². The van der Waals surface area contributed by atoms with Crippen LogP contribution in [0.25, 0.3) is 0 Å². The number of hydrogen-bond donors (Lipinski definition) is 1. The van der Waals surface area contributed by atoms with Crippen LogP contribution in [0.4, 0.5) is 0 Å². The molecule has 94 valence electrons. The molecule has 0 spiro atoms. The van der Waals surface area contributed by atoms with E-state index in [1.165, 1.54) is 36.1 Å². The monoisotopic (exact) mass is 249 g/mol. The van der Waals surface area contributed by atoms with Gasteiger partial charge in [0.1, 0.15) is 0 Å². The third-order valence-electron chi connectivity index (χ3n) is 3.85. The Morgan fingerprint density at radius 2 is 1.82 bits per heavy atom. The van der Waals surface area contributed by atoms with Gasteiger partial charge in [0.25, 0.3) is 0 Å². The van der Waals surface area contributed by atoms with Gasteiger partial charge in [0.05, 0.1) is 0 Å². The van der Waals surface area contributed by atoms with E-state index in [4.69, 9.17) is 0 Å². The summed E-state index contributed by atoms with van der Waals surface area (Å²) in [6.07, 6.45) is 7.74. The maximum Gasteiger partial charge on any atom is 0.0205 e. The smallest absolute Gasteiger partial charge is 0.0205 e. The maximum atomic E-state index is 3.61. The van der Waals surface area contributed by atoms with Crippen LogP contribution in [0.5, 0.6) is 0 Å². The van der Waals surface area contributed by atoms with Crippen molar-refractivity contribution in [2.75, 3.05) is 12.8 Å². The van der Waals surface area contributed by atoms with Crippen LogP contribution in [0.1, 0.15) is 38.2 Å². The second-order valence-corrected chi connectivity index (χ2v) is 6.35. The fourth-order valence-electron chi connectivity index (χ4n) is 2.66. The van der Waals surface area contributed by atoms with Crippen LogP contribution in [0.2, 0.25) is 0 Å². The van der Waals surface area contributed by atoms with Gasteiger partial charge in [0.2, 0.25) is 0 Å². The second kappa shape index (κ2) is 5.92. The zero-order valence-corrected chi connectivity index (χ0v) is 11.8. The molecular formula is C15H23NS. The molecule has 0 atom stereocenters. The predicted molar refractivity (Wildman–Crippen MR) is 76.5 cm³/mol. The van der Waals surface area contributed by atoms with Crippen molar-refractivity contribution >= 4 is 11.8 Å². The molecule has 0 unspecified atom stereocenters. The molecule has 1 aliphatic rings. The highest BCUT2D eigenvalue weighted by molar-refractivity contribution is 7.98. The van der Waals surface area contributed by atoms with E-state index in [1.54, 1.807) is 11.8 Å². The van der Waals surface area contributed by atoms with E-state index < -0.39 is 0 Å². The molecule has 1 N–H and O–H groups in total. The maximum absolute atomic E-state index is 3.61. The lowest BCUT2D eigenvalue weighted by molar-refractivity contribution is 0.314. The molecule has 0 aliphatic heterocycles. The van der Waals surface area contributed by atoms with E-state index in [-0.39, 0.29) is 0 Å².